The summed E-state index contributed by atoms with van der Waals surface area (Å²) < 4.78 is 4.69. The van der Waals surface area contributed by atoms with Crippen LogP contribution < -0.4 is 5.32 Å². The molecule has 1 aromatic rings. The Morgan fingerprint density at radius 2 is 2.14 bits per heavy atom. The van der Waals surface area contributed by atoms with Crippen LogP contribution in [-0.4, -0.2) is 40.7 Å². The molecular weight excluding hydrogens is 326 g/mol. The third-order valence-corrected chi connectivity index (χ3v) is 4.12. The molecule has 0 aliphatic rings. The van der Waals surface area contributed by atoms with E-state index >= 15 is 0 Å². The van der Waals surface area contributed by atoms with Gasteiger partial charge in [0.2, 0.25) is 0 Å². The van der Waals surface area contributed by atoms with Gasteiger partial charge in [-0.3, -0.25) is 4.79 Å². The Hall–Kier alpha value is -1.34. The van der Waals surface area contributed by atoms with Gasteiger partial charge in [0.1, 0.15) is 6.04 Å². The molecule has 1 aromatic heterocycles. The van der Waals surface area contributed by atoms with Gasteiger partial charge in [0.25, 0.3) is 5.91 Å². The van der Waals surface area contributed by atoms with Crippen molar-refractivity contribution in [1.82, 2.24) is 15.3 Å². The summed E-state index contributed by atoms with van der Waals surface area (Å²) in [7, 11) is 1.28. The number of carbonyl (C=O) groups excluding carboxylic acids is 2. The highest BCUT2D eigenvalue weighted by atomic mass is 35.5. The minimum absolute atomic E-state index is 0.0600. The van der Waals surface area contributed by atoms with Gasteiger partial charge < -0.3 is 10.1 Å². The van der Waals surface area contributed by atoms with Gasteiger partial charge in [-0.1, -0.05) is 44.1 Å². The fourth-order valence-corrected chi connectivity index (χ4v) is 2.45. The van der Waals surface area contributed by atoms with Crippen molar-refractivity contribution >= 4 is 35.2 Å². The number of rotatable bonds is 7. The highest BCUT2D eigenvalue weighted by molar-refractivity contribution is 7.99. The summed E-state index contributed by atoms with van der Waals surface area (Å²) in [4.78, 5) is 32.3. The number of nitrogens with zero attached hydrogens (tertiary/aromatic N) is 2. The van der Waals surface area contributed by atoms with E-state index in [9.17, 15) is 9.59 Å². The Kier molecular flexibility index (Phi) is 7.61. The fraction of sp³-hybridized carbons (Fsp3) is 0.571. The van der Waals surface area contributed by atoms with E-state index < -0.39 is 17.9 Å². The average Bonchev–Trinajstić information content (AvgIpc) is 2.50. The Morgan fingerprint density at radius 1 is 1.45 bits per heavy atom. The number of nitrogens with one attached hydrogen (secondary N) is 1. The standard InChI is InChI=1S/C14H20ClN3O3S/c1-5-6-22-14-16-7-9(15)11(18-14)12(19)17-10(8(2)3)13(20)21-4/h7-8,10H,5-6H2,1-4H3,(H,17,19). The Morgan fingerprint density at radius 3 is 2.68 bits per heavy atom. The smallest absolute Gasteiger partial charge is 0.328 e. The molecule has 22 heavy (non-hydrogen) atoms. The molecule has 0 saturated carbocycles. The zero-order chi connectivity index (χ0) is 16.7. The molecule has 1 heterocycles. The number of halogens is 1. The number of carbonyl (C=O) groups is 2. The molecule has 1 unspecified atom stereocenters. The van der Waals surface area contributed by atoms with E-state index in [4.69, 9.17) is 16.3 Å². The van der Waals surface area contributed by atoms with Crippen LogP contribution in [0.4, 0.5) is 0 Å². The van der Waals surface area contributed by atoms with Crippen LogP contribution in [0.1, 0.15) is 37.7 Å². The minimum Gasteiger partial charge on any atom is -0.467 e. The number of hydrogen-bond donors (Lipinski definition) is 1. The second kappa shape index (κ2) is 8.95. The van der Waals surface area contributed by atoms with Crippen LogP contribution in [0.5, 0.6) is 0 Å². The number of amides is 1. The van der Waals surface area contributed by atoms with Crippen LogP contribution in [0, 0.1) is 5.92 Å². The minimum atomic E-state index is -0.754. The monoisotopic (exact) mass is 345 g/mol. The van der Waals surface area contributed by atoms with Crippen LogP contribution in [0.25, 0.3) is 0 Å². The van der Waals surface area contributed by atoms with Crippen molar-refractivity contribution in [2.45, 2.75) is 38.4 Å². The molecule has 1 amide bonds. The van der Waals surface area contributed by atoms with E-state index in [0.717, 1.165) is 12.2 Å². The molecule has 0 saturated heterocycles. The molecule has 0 aliphatic heterocycles. The molecular formula is C14H20ClN3O3S. The summed E-state index contributed by atoms with van der Waals surface area (Å²) in [5.74, 6) is -0.297. The maximum absolute atomic E-state index is 12.3. The molecule has 122 valence electrons. The van der Waals surface area contributed by atoms with Crippen molar-refractivity contribution in [3.8, 4) is 0 Å². The molecule has 8 heteroatoms. The van der Waals surface area contributed by atoms with E-state index in [1.54, 1.807) is 0 Å². The third kappa shape index (κ3) is 5.14. The van der Waals surface area contributed by atoms with Crippen molar-refractivity contribution in [2.24, 2.45) is 5.92 Å². The molecule has 6 nitrogen and oxygen atoms in total. The lowest BCUT2D eigenvalue weighted by atomic mass is 10.0. The van der Waals surface area contributed by atoms with Crippen LogP contribution in [0.2, 0.25) is 5.02 Å². The van der Waals surface area contributed by atoms with Crippen molar-refractivity contribution in [2.75, 3.05) is 12.9 Å². The van der Waals surface area contributed by atoms with Gasteiger partial charge >= 0.3 is 5.97 Å². The molecule has 0 bridgehead atoms. The molecule has 0 fully saturated rings. The van der Waals surface area contributed by atoms with Crippen LogP contribution in [0.15, 0.2) is 11.4 Å². The molecule has 1 rings (SSSR count). The van der Waals surface area contributed by atoms with Crippen molar-refractivity contribution < 1.29 is 14.3 Å². The van der Waals surface area contributed by atoms with Crippen LogP contribution in [-0.2, 0) is 9.53 Å². The topological polar surface area (TPSA) is 81.2 Å². The summed E-state index contributed by atoms with van der Waals surface area (Å²) in [6.07, 6.45) is 2.36. The van der Waals surface area contributed by atoms with Gasteiger partial charge in [-0.15, -0.1) is 0 Å². The van der Waals surface area contributed by atoms with E-state index in [1.807, 2.05) is 20.8 Å². The van der Waals surface area contributed by atoms with Crippen molar-refractivity contribution in [3.63, 3.8) is 0 Å². The third-order valence-electron chi connectivity index (χ3n) is 2.78. The second-order valence-corrected chi connectivity index (χ2v) is 6.39. The van der Waals surface area contributed by atoms with Crippen molar-refractivity contribution in [3.05, 3.63) is 16.9 Å². The van der Waals surface area contributed by atoms with Gasteiger partial charge in [-0.25, -0.2) is 14.8 Å². The molecule has 1 atom stereocenters. The molecule has 1 N–H and O–H groups in total. The molecule has 0 spiro atoms. The van der Waals surface area contributed by atoms with Crippen molar-refractivity contribution in [1.29, 1.82) is 0 Å². The molecule has 0 aromatic carbocycles. The number of methoxy groups -OCH3 is 1. The van der Waals surface area contributed by atoms with Gasteiger partial charge in [0.05, 0.1) is 18.3 Å². The first kappa shape index (κ1) is 18.7. The fourth-order valence-electron chi connectivity index (χ4n) is 1.61. The van der Waals surface area contributed by atoms with E-state index in [0.29, 0.717) is 5.16 Å². The quantitative estimate of drug-likeness (QED) is 0.464. The first-order valence-corrected chi connectivity index (χ1v) is 8.31. The van der Waals surface area contributed by atoms with Gasteiger partial charge in [-0.05, 0) is 12.3 Å². The predicted molar refractivity (Wildman–Crippen MR) is 86.2 cm³/mol. The summed E-state index contributed by atoms with van der Waals surface area (Å²) >= 11 is 7.43. The lowest BCUT2D eigenvalue weighted by Gasteiger charge is -2.19. The molecule has 0 radical (unpaired) electrons. The first-order chi connectivity index (χ1) is 10.4. The number of aromatic nitrogens is 2. The average molecular weight is 346 g/mol. The lowest BCUT2D eigenvalue weighted by Crippen LogP contribution is -2.45. The lowest BCUT2D eigenvalue weighted by molar-refractivity contribution is -0.144. The van der Waals surface area contributed by atoms with Gasteiger partial charge in [0, 0.05) is 5.75 Å². The number of esters is 1. The van der Waals surface area contributed by atoms with E-state index in [-0.39, 0.29) is 16.6 Å². The maximum Gasteiger partial charge on any atom is 0.328 e. The zero-order valence-electron chi connectivity index (χ0n) is 13.1. The summed E-state index contributed by atoms with van der Waals surface area (Å²) in [6, 6.07) is -0.754. The zero-order valence-corrected chi connectivity index (χ0v) is 14.6. The number of ether oxygens (including phenoxy) is 1. The summed E-state index contributed by atoms with van der Waals surface area (Å²) in [5, 5.41) is 3.24. The van der Waals surface area contributed by atoms with Crippen LogP contribution >= 0.6 is 23.4 Å². The van der Waals surface area contributed by atoms with E-state index in [2.05, 4.69) is 15.3 Å². The largest absolute Gasteiger partial charge is 0.467 e. The summed E-state index contributed by atoms with van der Waals surface area (Å²) in [6.45, 7) is 5.66. The Labute approximate surface area is 139 Å². The second-order valence-electron chi connectivity index (χ2n) is 4.92. The van der Waals surface area contributed by atoms with Crippen LogP contribution in [0.3, 0.4) is 0 Å². The predicted octanol–water partition coefficient (Wildman–Crippen LogP) is 2.56. The number of hydrogen-bond acceptors (Lipinski definition) is 6. The Bertz CT molecular complexity index is 540. The Balaban J connectivity index is 2.93. The highest BCUT2D eigenvalue weighted by Gasteiger charge is 2.27. The molecule has 0 aliphatic carbocycles. The SMILES string of the molecule is CCCSc1ncc(Cl)c(C(=O)NC(C(=O)OC)C(C)C)n1. The van der Waals surface area contributed by atoms with Gasteiger partial charge in [-0.2, -0.15) is 0 Å². The van der Waals surface area contributed by atoms with E-state index in [1.165, 1.54) is 25.1 Å². The number of thioether (sulfide) groups is 1. The normalized spacial score (nSPS) is 12.1. The highest BCUT2D eigenvalue weighted by Crippen LogP contribution is 2.19. The first-order valence-electron chi connectivity index (χ1n) is 6.94. The maximum atomic E-state index is 12.3. The van der Waals surface area contributed by atoms with Gasteiger partial charge in [0.15, 0.2) is 10.9 Å². The summed E-state index contributed by atoms with van der Waals surface area (Å²) in [5.41, 5.74) is 0.0600.